The SMILES string of the molecule is Nc1cnc(Nc2ccccc2[N+](=O)[O-])[nH]c1=O. The van der Waals surface area contributed by atoms with Crippen LogP contribution in [0.5, 0.6) is 0 Å². The Balaban J connectivity index is 2.37. The minimum Gasteiger partial charge on any atom is -0.393 e. The van der Waals surface area contributed by atoms with Crippen LogP contribution in [0.25, 0.3) is 0 Å². The molecule has 0 fully saturated rings. The van der Waals surface area contributed by atoms with E-state index in [0.29, 0.717) is 0 Å². The molecule has 1 aromatic heterocycles. The van der Waals surface area contributed by atoms with Crippen molar-refractivity contribution in [3.63, 3.8) is 0 Å². The van der Waals surface area contributed by atoms with Crippen molar-refractivity contribution in [2.24, 2.45) is 0 Å². The molecule has 2 rings (SSSR count). The molecular formula is C10H9N5O3. The van der Waals surface area contributed by atoms with Crippen LogP contribution in [0.15, 0.2) is 35.3 Å². The summed E-state index contributed by atoms with van der Waals surface area (Å²) in [5, 5.41) is 13.4. The van der Waals surface area contributed by atoms with Gasteiger partial charge >= 0.3 is 0 Å². The molecule has 4 N–H and O–H groups in total. The van der Waals surface area contributed by atoms with Gasteiger partial charge in [-0.3, -0.25) is 19.9 Å². The molecule has 0 saturated carbocycles. The van der Waals surface area contributed by atoms with E-state index in [1.165, 1.54) is 18.3 Å². The topological polar surface area (TPSA) is 127 Å². The molecular weight excluding hydrogens is 238 g/mol. The second-order valence-electron chi connectivity index (χ2n) is 3.42. The van der Waals surface area contributed by atoms with Crippen LogP contribution in [0.4, 0.5) is 23.0 Å². The fourth-order valence-electron chi connectivity index (χ4n) is 1.33. The minimum atomic E-state index is -0.530. The number of nitro benzene ring substituents is 1. The fraction of sp³-hybridized carbons (Fsp3) is 0. The summed E-state index contributed by atoms with van der Waals surface area (Å²) in [5.41, 5.74) is 4.90. The van der Waals surface area contributed by atoms with E-state index in [2.05, 4.69) is 15.3 Å². The van der Waals surface area contributed by atoms with Gasteiger partial charge < -0.3 is 11.1 Å². The molecule has 0 aliphatic rings. The van der Waals surface area contributed by atoms with E-state index in [1.54, 1.807) is 12.1 Å². The van der Waals surface area contributed by atoms with Gasteiger partial charge in [0.1, 0.15) is 11.4 Å². The largest absolute Gasteiger partial charge is 0.393 e. The van der Waals surface area contributed by atoms with E-state index in [4.69, 9.17) is 5.73 Å². The first-order valence-corrected chi connectivity index (χ1v) is 4.93. The lowest BCUT2D eigenvalue weighted by molar-refractivity contribution is -0.383. The molecule has 0 aliphatic carbocycles. The summed E-state index contributed by atoms with van der Waals surface area (Å²) in [6, 6.07) is 6.03. The number of nitrogen functional groups attached to an aromatic ring is 1. The van der Waals surface area contributed by atoms with Crippen LogP contribution in [-0.4, -0.2) is 14.9 Å². The van der Waals surface area contributed by atoms with Crippen LogP contribution in [-0.2, 0) is 0 Å². The van der Waals surface area contributed by atoms with E-state index >= 15 is 0 Å². The maximum absolute atomic E-state index is 11.3. The van der Waals surface area contributed by atoms with Gasteiger partial charge in [-0.2, -0.15) is 0 Å². The van der Waals surface area contributed by atoms with E-state index in [-0.39, 0.29) is 23.0 Å². The van der Waals surface area contributed by atoms with E-state index < -0.39 is 10.5 Å². The molecule has 1 heterocycles. The Morgan fingerprint density at radius 3 is 2.78 bits per heavy atom. The maximum Gasteiger partial charge on any atom is 0.292 e. The maximum atomic E-state index is 11.3. The number of nitrogens with two attached hydrogens (primary N) is 1. The Hall–Kier alpha value is -2.90. The summed E-state index contributed by atoms with van der Waals surface area (Å²) in [5.74, 6) is 0.0866. The zero-order valence-corrected chi connectivity index (χ0v) is 9.08. The Morgan fingerprint density at radius 1 is 1.39 bits per heavy atom. The van der Waals surface area contributed by atoms with Crippen LogP contribution in [0.1, 0.15) is 0 Å². The Bertz CT molecular complexity index is 652. The molecule has 1 aromatic carbocycles. The Kier molecular flexibility index (Phi) is 2.92. The molecule has 0 unspecified atom stereocenters. The first-order chi connectivity index (χ1) is 8.58. The lowest BCUT2D eigenvalue weighted by Crippen LogP contribution is -2.14. The first-order valence-electron chi connectivity index (χ1n) is 4.93. The Labute approximate surface area is 101 Å². The number of aromatic amines is 1. The molecule has 0 radical (unpaired) electrons. The first kappa shape index (κ1) is 11.6. The van der Waals surface area contributed by atoms with Gasteiger partial charge in [0.25, 0.3) is 11.2 Å². The third kappa shape index (κ3) is 2.26. The van der Waals surface area contributed by atoms with Gasteiger partial charge in [0.05, 0.1) is 11.1 Å². The molecule has 0 atom stereocenters. The number of anilines is 3. The highest BCUT2D eigenvalue weighted by molar-refractivity contribution is 5.66. The fourth-order valence-corrected chi connectivity index (χ4v) is 1.33. The van der Waals surface area contributed by atoms with Crippen molar-refractivity contribution >= 4 is 23.0 Å². The monoisotopic (exact) mass is 247 g/mol. The Morgan fingerprint density at radius 2 is 2.11 bits per heavy atom. The van der Waals surface area contributed by atoms with Crippen molar-refractivity contribution in [2.75, 3.05) is 11.1 Å². The number of nitrogens with one attached hydrogen (secondary N) is 2. The van der Waals surface area contributed by atoms with Crippen molar-refractivity contribution in [3.8, 4) is 0 Å². The second kappa shape index (κ2) is 4.53. The third-order valence-corrected chi connectivity index (χ3v) is 2.18. The molecule has 2 aromatic rings. The molecule has 8 heteroatoms. The molecule has 0 saturated heterocycles. The highest BCUT2D eigenvalue weighted by Gasteiger charge is 2.13. The van der Waals surface area contributed by atoms with Gasteiger partial charge in [-0.05, 0) is 6.07 Å². The molecule has 8 nitrogen and oxygen atoms in total. The normalized spacial score (nSPS) is 10.0. The number of nitrogens with zero attached hydrogens (tertiary/aromatic N) is 2. The summed E-state index contributed by atoms with van der Waals surface area (Å²) >= 11 is 0. The van der Waals surface area contributed by atoms with Gasteiger partial charge in [0.2, 0.25) is 5.95 Å². The third-order valence-electron chi connectivity index (χ3n) is 2.18. The highest BCUT2D eigenvalue weighted by atomic mass is 16.6. The number of nitro groups is 1. The minimum absolute atomic E-state index is 0.0249. The summed E-state index contributed by atoms with van der Waals surface area (Å²) in [6.07, 6.45) is 1.18. The highest BCUT2D eigenvalue weighted by Crippen LogP contribution is 2.25. The predicted molar refractivity (Wildman–Crippen MR) is 65.6 cm³/mol. The number of rotatable bonds is 3. The van der Waals surface area contributed by atoms with Crippen LogP contribution < -0.4 is 16.6 Å². The quantitative estimate of drug-likeness (QED) is 0.548. The molecule has 18 heavy (non-hydrogen) atoms. The van der Waals surface area contributed by atoms with Crippen molar-refractivity contribution < 1.29 is 4.92 Å². The summed E-state index contributed by atoms with van der Waals surface area (Å²) < 4.78 is 0. The molecule has 0 spiro atoms. The van der Waals surface area contributed by atoms with Gasteiger partial charge in [-0.1, -0.05) is 12.1 Å². The number of hydrogen-bond donors (Lipinski definition) is 3. The van der Waals surface area contributed by atoms with Crippen molar-refractivity contribution in [1.82, 2.24) is 9.97 Å². The standard InChI is InChI=1S/C10H9N5O3/c11-6-5-12-10(14-9(6)16)13-7-3-1-2-4-8(7)15(17)18/h1-5H,11H2,(H2,12,13,14,16). The van der Waals surface area contributed by atoms with Crippen molar-refractivity contribution in [2.45, 2.75) is 0 Å². The van der Waals surface area contributed by atoms with Crippen molar-refractivity contribution in [1.29, 1.82) is 0 Å². The van der Waals surface area contributed by atoms with Crippen LogP contribution in [0.2, 0.25) is 0 Å². The smallest absolute Gasteiger partial charge is 0.292 e. The van der Waals surface area contributed by atoms with Gasteiger partial charge in [-0.25, -0.2) is 4.98 Å². The van der Waals surface area contributed by atoms with Gasteiger partial charge in [0, 0.05) is 6.07 Å². The summed E-state index contributed by atoms with van der Waals surface area (Å²) in [6.45, 7) is 0. The van der Waals surface area contributed by atoms with Crippen LogP contribution >= 0.6 is 0 Å². The molecule has 0 amide bonds. The van der Waals surface area contributed by atoms with E-state index in [9.17, 15) is 14.9 Å². The number of para-hydroxylation sites is 2. The predicted octanol–water partition coefficient (Wildman–Crippen LogP) is 1.00. The summed E-state index contributed by atoms with van der Waals surface area (Å²) in [7, 11) is 0. The number of H-pyrrole nitrogens is 1. The molecule has 92 valence electrons. The zero-order chi connectivity index (χ0) is 13.1. The summed E-state index contributed by atoms with van der Waals surface area (Å²) in [4.78, 5) is 27.7. The average Bonchev–Trinajstić information content (AvgIpc) is 2.34. The van der Waals surface area contributed by atoms with E-state index in [1.807, 2.05) is 0 Å². The molecule has 0 aliphatic heterocycles. The number of benzene rings is 1. The number of hydrogen-bond acceptors (Lipinski definition) is 6. The second-order valence-corrected chi connectivity index (χ2v) is 3.42. The van der Waals surface area contributed by atoms with Gasteiger partial charge in [0.15, 0.2) is 0 Å². The van der Waals surface area contributed by atoms with Crippen LogP contribution in [0.3, 0.4) is 0 Å². The van der Waals surface area contributed by atoms with Crippen LogP contribution in [0, 0.1) is 10.1 Å². The molecule has 0 bridgehead atoms. The lowest BCUT2D eigenvalue weighted by Gasteiger charge is -2.05. The lowest BCUT2D eigenvalue weighted by atomic mass is 10.3. The van der Waals surface area contributed by atoms with E-state index in [0.717, 1.165) is 0 Å². The average molecular weight is 247 g/mol. The van der Waals surface area contributed by atoms with Crippen molar-refractivity contribution in [3.05, 3.63) is 50.9 Å². The number of aromatic nitrogens is 2. The zero-order valence-electron chi connectivity index (χ0n) is 9.08. The van der Waals surface area contributed by atoms with Gasteiger partial charge in [-0.15, -0.1) is 0 Å².